The number of alkyl halides is 3. The summed E-state index contributed by atoms with van der Waals surface area (Å²) in [5.74, 6) is -1.01. The third-order valence-electron chi connectivity index (χ3n) is 2.22. The molecule has 0 heterocycles. The van der Waals surface area contributed by atoms with Crippen molar-refractivity contribution in [1.82, 2.24) is 0 Å². The lowest BCUT2D eigenvalue weighted by Gasteiger charge is -2.12. The zero-order valence-electron chi connectivity index (χ0n) is 11.3. The van der Waals surface area contributed by atoms with Crippen LogP contribution in [-0.2, 0) is 4.74 Å². The van der Waals surface area contributed by atoms with Gasteiger partial charge in [0.25, 0.3) is 0 Å². The maximum absolute atomic E-state index is 11.9. The van der Waals surface area contributed by atoms with Crippen molar-refractivity contribution in [3.05, 3.63) is 23.8 Å². The highest BCUT2D eigenvalue weighted by atomic mass is 19.4. The molecule has 1 N–H and O–H groups in total. The van der Waals surface area contributed by atoms with E-state index >= 15 is 0 Å². The van der Waals surface area contributed by atoms with Gasteiger partial charge in [-0.15, -0.1) is 0 Å². The third kappa shape index (κ3) is 6.35. The fourth-order valence-corrected chi connectivity index (χ4v) is 1.37. The van der Waals surface area contributed by atoms with Crippen molar-refractivity contribution >= 4 is 5.97 Å². The van der Waals surface area contributed by atoms with Crippen LogP contribution in [0.15, 0.2) is 18.2 Å². The number of hydrogen-bond donors (Lipinski definition) is 1. The summed E-state index contributed by atoms with van der Waals surface area (Å²) < 4.78 is 50.2. The van der Waals surface area contributed by atoms with Crippen LogP contribution in [0.2, 0.25) is 0 Å². The first-order valence-corrected chi connectivity index (χ1v) is 6.11. The van der Waals surface area contributed by atoms with Gasteiger partial charge in [-0.1, -0.05) is 6.92 Å². The van der Waals surface area contributed by atoms with Gasteiger partial charge in [0.15, 0.2) is 6.79 Å². The molecule has 1 rings (SSSR count). The van der Waals surface area contributed by atoms with Crippen molar-refractivity contribution in [1.29, 1.82) is 0 Å². The van der Waals surface area contributed by atoms with Gasteiger partial charge in [-0.05, 0) is 18.6 Å². The summed E-state index contributed by atoms with van der Waals surface area (Å²) in [6.07, 6.45) is -3.71. The molecule has 0 aliphatic carbocycles. The van der Waals surface area contributed by atoms with E-state index in [4.69, 9.17) is 14.6 Å². The van der Waals surface area contributed by atoms with Crippen LogP contribution in [0.25, 0.3) is 0 Å². The van der Waals surface area contributed by atoms with Crippen molar-refractivity contribution in [3.8, 4) is 11.5 Å². The Morgan fingerprint density at radius 2 is 2.00 bits per heavy atom. The number of halogens is 3. The highest BCUT2D eigenvalue weighted by Crippen LogP contribution is 2.25. The molecule has 0 saturated carbocycles. The predicted octanol–water partition coefficient (Wildman–Crippen LogP) is 3.09. The molecule has 0 radical (unpaired) electrons. The quantitative estimate of drug-likeness (QED) is 0.590. The van der Waals surface area contributed by atoms with Crippen molar-refractivity contribution in [2.45, 2.75) is 19.5 Å². The average Bonchev–Trinajstić information content (AvgIpc) is 2.40. The molecule has 0 aliphatic heterocycles. The molecule has 8 heteroatoms. The first-order valence-electron chi connectivity index (χ1n) is 6.11. The van der Waals surface area contributed by atoms with Crippen LogP contribution in [-0.4, -0.2) is 37.3 Å². The van der Waals surface area contributed by atoms with Crippen LogP contribution < -0.4 is 9.47 Å². The predicted molar refractivity (Wildman–Crippen MR) is 66.7 cm³/mol. The molecule has 0 spiro atoms. The Kier molecular flexibility index (Phi) is 6.29. The maximum Gasteiger partial charge on any atom is 0.411 e. The van der Waals surface area contributed by atoms with Crippen LogP contribution in [0.1, 0.15) is 23.7 Å². The Morgan fingerprint density at radius 1 is 1.29 bits per heavy atom. The summed E-state index contributed by atoms with van der Waals surface area (Å²) in [4.78, 5) is 11.0. The normalized spacial score (nSPS) is 11.2. The van der Waals surface area contributed by atoms with Crippen LogP contribution >= 0.6 is 0 Å². The van der Waals surface area contributed by atoms with E-state index in [0.717, 1.165) is 6.42 Å². The van der Waals surface area contributed by atoms with Gasteiger partial charge in [-0.25, -0.2) is 4.79 Å². The maximum atomic E-state index is 11.9. The van der Waals surface area contributed by atoms with Crippen LogP contribution in [0.4, 0.5) is 13.2 Å². The molecule has 118 valence electrons. The fourth-order valence-electron chi connectivity index (χ4n) is 1.37. The van der Waals surface area contributed by atoms with E-state index in [0.29, 0.717) is 12.4 Å². The minimum absolute atomic E-state index is 0.113. The van der Waals surface area contributed by atoms with E-state index in [-0.39, 0.29) is 11.3 Å². The van der Waals surface area contributed by atoms with Crippen molar-refractivity contribution in [2.75, 3.05) is 20.0 Å². The fraction of sp³-hybridized carbons (Fsp3) is 0.462. The average molecular weight is 308 g/mol. The lowest BCUT2D eigenvalue weighted by atomic mass is 10.2. The van der Waals surface area contributed by atoms with Gasteiger partial charge >= 0.3 is 12.1 Å². The number of carbonyl (C=O) groups is 1. The van der Waals surface area contributed by atoms with Gasteiger partial charge in [0, 0.05) is 6.07 Å². The Hall–Kier alpha value is -1.96. The van der Waals surface area contributed by atoms with E-state index in [1.54, 1.807) is 0 Å². The SMILES string of the molecule is CCCOc1ccc(C(=O)O)c(OCOCC(F)(F)F)c1. The smallest absolute Gasteiger partial charge is 0.411 e. The van der Waals surface area contributed by atoms with Gasteiger partial charge in [-0.2, -0.15) is 13.2 Å². The summed E-state index contributed by atoms with van der Waals surface area (Å²) in [5.41, 5.74) is -0.186. The third-order valence-corrected chi connectivity index (χ3v) is 2.22. The van der Waals surface area contributed by atoms with Gasteiger partial charge in [0.1, 0.15) is 23.7 Å². The van der Waals surface area contributed by atoms with Crippen LogP contribution in [0, 0.1) is 0 Å². The van der Waals surface area contributed by atoms with E-state index < -0.39 is 25.5 Å². The topological polar surface area (TPSA) is 65.0 Å². The minimum Gasteiger partial charge on any atom is -0.493 e. The van der Waals surface area contributed by atoms with E-state index in [9.17, 15) is 18.0 Å². The zero-order chi connectivity index (χ0) is 15.9. The summed E-state index contributed by atoms with van der Waals surface area (Å²) in [6, 6.07) is 4.00. The summed E-state index contributed by atoms with van der Waals surface area (Å²) in [5, 5.41) is 8.98. The summed E-state index contributed by atoms with van der Waals surface area (Å²) >= 11 is 0. The van der Waals surface area contributed by atoms with Crippen molar-refractivity contribution in [3.63, 3.8) is 0 Å². The molecule has 0 bridgehead atoms. The minimum atomic E-state index is -4.47. The lowest BCUT2D eigenvalue weighted by Crippen LogP contribution is -2.19. The molecule has 21 heavy (non-hydrogen) atoms. The molecule has 0 aliphatic rings. The number of rotatable bonds is 8. The molecular weight excluding hydrogens is 293 g/mol. The Morgan fingerprint density at radius 3 is 2.57 bits per heavy atom. The first-order chi connectivity index (χ1) is 9.83. The second-order valence-electron chi connectivity index (χ2n) is 4.04. The molecule has 1 aromatic rings. The highest BCUT2D eigenvalue weighted by molar-refractivity contribution is 5.91. The lowest BCUT2D eigenvalue weighted by molar-refractivity contribution is -0.186. The molecule has 0 fully saturated rings. The molecule has 0 aromatic heterocycles. The van der Waals surface area contributed by atoms with E-state index in [1.807, 2.05) is 6.92 Å². The zero-order valence-corrected chi connectivity index (χ0v) is 11.3. The highest BCUT2D eigenvalue weighted by Gasteiger charge is 2.27. The van der Waals surface area contributed by atoms with E-state index in [2.05, 4.69) is 4.74 Å². The number of ether oxygens (including phenoxy) is 3. The van der Waals surface area contributed by atoms with Gasteiger partial charge in [0.2, 0.25) is 0 Å². The molecule has 0 saturated heterocycles. The monoisotopic (exact) mass is 308 g/mol. The van der Waals surface area contributed by atoms with Crippen LogP contribution in [0.5, 0.6) is 11.5 Å². The van der Waals surface area contributed by atoms with Crippen molar-refractivity contribution < 1.29 is 37.3 Å². The Labute approximate surface area is 119 Å². The summed E-state index contributed by atoms with van der Waals surface area (Å²) in [6.45, 7) is 0.142. The number of hydrogen-bond acceptors (Lipinski definition) is 4. The van der Waals surface area contributed by atoms with Gasteiger partial charge in [-0.3, -0.25) is 0 Å². The first kappa shape index (κ1) is 17.1. The molecule has 1 aromatic carbocycles. The van der Waals surface area contributed by atoms with Gasteiger partial charge < -0.3 is 19.3 Å². The largest absolute Gasteiger partial charge is 0.493 e. The number of aromatic carboxylic acids is 1. The molecular formula is C13H15F3O5. The molecule has 0 amide bonds. The number of carboxylic acids is 1. The summed E-state index contributed by atoms with van der Waals surface area (Å²) in [7, 11) is 0. The number of benzene rings is 1. The molecule has 5 nitrogen and oxygen atoms in total. The standard InChI is InChI=1S/C13H15F3O5/c1-2-5-20-9-3-4-10(12(17)18)11(6-9)21-8-19-7-13(14,15)16/h3-4,6H,2,5,7-8H2,1H3,(H,17,18). The Balaban J connectivity index is 2.69. The molecule has 0 atom stereocenters. The second kappa shape index (κ2) is 7.72. The van der Waals surface area contributed by atoms with Gasteiger partial charge in [0.05, 0.1) is 6.61 Å². The Bertz CT molecular complexity index is 473. The molecule has 0 unspecified atom stereocenters. The van der Waals surface area contributed by atoms with Crippen molar-refractivity contribution in [2.24, 2.45) is 0 Å². The van der Waals surface area contributed by atoms with E-state index in [1.165, 1.54) is 18.2 Å². The number of carboxylic acid groups (broad SMARTS) is 1. The van der Waals surface area contributed by atoms with Crippen LogP contribution in [0.3, 0.4) is 0 Å². The second-order valence-corrected chi connectivity index (χ2v) is 4.04.